The van der Waals surface area contributed by atoms with Crippen LogP contribution in [0.5, 0.6) is 0 Å². The lowest BCUT2D eigenvalue weighted by molar-refractivity contribution is 0.380. The fraction of sp³-hybridized carbons (Fsp3) is 0.944. The zero-order valence-electron chi connectivity index (χ0n) is 13.2. The van der Waals surface area contributed by atoms with E-state index in [0.29, 0.717) is 0 Å². The van der Waals surface area contributed by atoms with E-state index in [9.17, 15) is 0 Å². The predicted molar refractivity (Wildman–Crippen MR) is 84.8 cm³/mol. The topological polar surface area (TPSA) is 0 Å². The summed E-state index contributed by atoms with van der Waals surface area (Å²) in [5.74, 6) is 1.03. The Bertz CT molecular complexity index is 139. The lowest BCUT2D eigenvalue weighted by atomic mass is 9.91. The van der Waals surface area contributed by atoms with Gasteiger partial charge in [0, 0.05) is 0 Å². The van der Waals surface area contributed by atoms with Crippen molar-refractivity contribution < 1.29 is 0 Å². The second kappa shape index (κ2) is 15.1. The number of hydrogen-bond acceptors (Lipinski definition) is 0. The third-order valence-corrected chi connectivity index (χ3v) is 4.03. The van der Waals surface area contributed by atoms with Crippen LogP contribution >= 0.6 is 0 Å². The van der Waals surface area contributed by atoms with Crippen molar-refractivity contribution in [3.63, 3.8) is 0 Å². The van der Waals surface area contributed by atoms with E-state index in [1.54, 1.807) is 0 Å². The highest BCUT2D eigenvalue weighted by atomic mass is 14.1. The molecule has 0 saturated carbocycles. The molecule has 0 spiro atoms. The molecule has 109 valence electrons. The van der Waals surface area contributed by atoms with Gasteiger partial charge in [-0.3, -0.25) is 0 Å². The molecular weight excluding hydrogens is 216 g/mol. The van der Waals surface area contributed by atoms with E-state index in [1.807, 2.05) is 0 Å². The minimum Gasteiger partial charge on any atom is -0.0654 e. The molecule has 18 heavy (non-hydrogen) atoms. The zero-order chi connectivity index (χ0) is 13.5. The average molecular weight is 253 g/mol. The van der Waals surface area contributed by atoms with Crippen LogP contribution in [0.4, 0.5) is 0 Å². The Labute approximate surface area is 117 Å². The molecule has 0 aliphatic carbocycles. The van der Waals surface area contributed by atoms with Gasteiger partial charge in [-0.05, 0) is 5.92 Å². The monoisotopic (exact) mass is 253 g/mol. The van der Waals surface area contributed by atoms with Crippen LogP contribution in [0.2, 0.25) is 0 Å². The molecule has 0 aromatic carbocycles. The van der Waals surface area contributed by atoms with Gasteiger partial charge in [0.25, 0.3) is 0 Å². The van der Waals surface area contributed by atoms with Gasteiger partial charge in [-0.1, -0.05) is 111 Å². The summed E-state index contributed by atoms with van der Waals surface area (Å²) in [6, 6.07) is 0. The molecule has 0 N–H and O–H groups in total. The van der Waals surface area contributed by atoms with E-state index in [-0.39, 0.29) is 0 Å². The molecular formula is C18H37. The van der Waals surface area contributed by atoms with E-state index >= 15 is 0 Å². The lowest BCUT2D eigenvalue weighted by Crippen LogP contribution is -2.00. The highest BCUT2D eigenvalue weighted by Crippen LogP contribution is 2.22. The Morgan fingerprint density at radius 3 is 1.72 bits per heavy atom. The Morgan fingerprint density at radius 1 is 0.611 bits per heavy atom. The fourth-order valence-electron chi connectivity index (χ4n) is 2.84. The van der Waals surface area contributed by atoms with Crippen molar-refractivity contribution in [3.05, 3.63) is 6.92 Å². The average Bonchev–Trinajstić information content (AvgIpc) is 2.38. The Morgan fingerprint density at radius 2 is 1.17 bits per heavy atom. The first kappa shape index (κ1) is 18.0. The van der Waals surface area contributed by atoms with Crippen molar-refractivity contribution >= 4 is 0 Å². The molecule has 0 fully saturated rings. The molecule has 0 heteroatoms. The van der Waals surface area contributed by atoms with Gasteiger partial charge in [-0.15, -0.1) is 0 Å². The maximum atomic E-state index is 3.90. The standard InChI is InChI=1S/C18H37/c1-4-7-9-10-11-12-14-17-18(15-6-3)16-13-8-5-2/h18H,1,4-17H2,2-3H3. The van der Waals surface area contributed by atoms with Gasteiger partial charge in [0.1, 0.15) is 0 Å². The molecule has 1 radical (unpaired) electrons. The first-order valence-corrected chi connectivity index (χ1v) is 8.64. The Kier molecular flexibility index (Phi) is 15.1. The Hall–Kier alpha value is 0. The SMILES string of the molecule is [CH2]CCCCCCCCC(CCC)CCCCC. The summed E-state index contributed by atoms with van der Waals surface area (Å²) in [5.41, 5.74) is 0. The minimum atomic E-state index is 1.03. The molecule has 0 rings (SSSR count). The van der Waals surface area contributed by atoms with Crippen LogP contribution in [-0.2, 0) is 0 Å². The van der Waals surface area contributed by atoms with Gasteiger partial charge in [0.15, 0.2) is 0 Å². The molecule has 0 amide bonds. The maximum Gasteiger partial charge on any atom is -0.0414 e. The predicted octanol–water partition coefficient (Wildman–Crippen LogP) is 6.94. The molecule has 0 nitrogen and oxygen atoms in total. The van der Waals surface area contributed by atoms with E-state index in [1.165, 1.54) is 83.5 Å². The van der Waals surface area contributed by atoms with Crippen molar-refractivity contribution in [3.8, 4) is 0 Å². The van der Waals surface area contributed by atoms with Crippen molar-refractivity contribution in [2.24, 2.45) is 5.92 Å². The summed E-state index contributed by atoms with van der Waals surface area (Å²) in [5, 5.41) is 0. The summed E-state index contributed by atoms with van der Waals surface area (Å²) in [6.07, 6.45) is 19.8. The lowest BCUT2D eigenvalue weighted by Gasteiger charge is -2.15. The zero-order valence-corrected chi connectivity index (χ0v) is 13.2. The molecule has 0 aromatic rings. The van der Waals surface area contributed by atoms with Gasteiger partial charge < -0.3 is 0 Å². The highest BCUT2D eigenvalue weighted by molar-refractivity contribution is 4.60. The molecule has 0 aliphatic rings. The van der Waals surface area contributed by atoms with Crippen LogP contribution in [0.3, 0.4) is 0 Å². The summed E-state index contributed by atoms with van der Waals surface area (Å²) < 4.78 is 0. The first-order chi connectivity index (χ1) is 8.85. The van der Waals surface area contributed by atoms with Gasteiger partial charge in [0.05, 0.1) is 0 Å². The first-order valence-electron chi connectivity index (χ1n) is 8.64. The molecule has 1 atom stereocenters. The van der Waals surface area contributed by atoms with Gasteiger partial charge in [0.2, 0.25) is 0 Å². The minimum absolute atomic E-state index is 1.03. The smallest absolute Gasteiger partial charge is 0.0414 e. The van der Waals surface area contributed by atoms with Gasteiger partial charge in [-0.2, -0.15) is 0 Å². The normalized spacial score (nSPS) is 12.8. The highest BCUT2D eigenvalue weighted by Gasteiger charge is 2.06. The number of unbranched alkanes of at least 4 members (excludes halogenated alkanes) is 8. The molecule has 0 aromatic heterocycles. The summed E-state index contributed by atoms with van der Waals surface area (Å²) in [6.45, 7) is 8.54. The second-order valence-corrected chi connectivity index (χ2v) is 5.91. The van der Waals surface area contributed by atoms with Gasteiger partial charge in [-0.25, -0.2) is 0 Å². The summed E-state index contributed by atoms with van der Waals surface area (Å²) >= 11 is 0. The van der Waals surface area contributed by atoms with Crippen molar-refractivity contribution in [1.29, 1.82) is 0 Å². The quantitative estimate of drug-likeness (QED) is 0.294. The van der Waals surface area contributed by atoms with Crippen molar-refractivity contribution in [2.75, 3.05) is 0 Å². The van der Waals surface area contributed by atoms with E-state index in [4.69, 9.17) is 0 Å². The fourth-order valence-corrected chi connectivity index (χ4v) is 2.84. The van der Waals surface area contributed by atoms with Crippen LogP contribution in [-0.4, -0.2) is 0 Å². The molecule has 0 bridgehead atoms. The van der Waals surface area contributed by atoms with Crippen LogP contribution < -0.4 is 0 Å². The molecule has 0 heterocycles. The molecule has 0 saturated heterocycles. The van der Waals surface area contributed by atoms with Crippen LogP contribution in [0.25, 0.3) is 0 Å². The van der Waals surface area contributed by atoms with Gasteiger partial charge >= 0.3 is 0 Å². The van der Waals surface area contributed by atoms with E-state index in [0.717, 1.165) is 12.3 Å². The summed E-state index contributed by atoms with van der Waals surface area (Å²) in [4.78, 5) is 0. The molecule has 0 aliphatic heterocycles. The summed E-state index contributed by atoms with van der Waals surface area (Å²) in [7, 11) is 0. The van der Waals surface area contributed by atoms with E-state index in [2.05, 4.69) is 20.8 Å². The van der Waals surface area contributed by atoms with Crippen LogP contribution in [0.1, 0.15) is 104 Å². The largest absolute Gasteiger partial charge is 0.0654 e. The van der Waals surface area contributed by atoms with Crippen molar-refractivity contribution in [2.45, 2.75) is 104 Å². The van der Waals surface area contributed by atoms with Crippen LogP contribution in [0, 0.1) is 12.8 Å². The van der Waals surface area contributed by atoms with Crippen LogP contribution in [0.15, 0.2) is 0 Å². The maximum absolute atomic E-state index is 3.90. The van der Waals surface area contributed by atoms with Crippen molar-refractivity contribution in [1.82, 2.24) is 0 Å². The second-order valence-electron chi connectivity index (χ2n) is 5.91. The number of hydrogen-bond donors (Lipinski definition) is 0. The third kappa shape index (κ3) is 12.5. The third-order valence-electron chi connectivity index (χ3n) is 4.03. The molecule has 1 unspecified atom stereocenters. The Balaban J connectivity index is 3.39. The van der Waals surface area contributed by atoms with E-state index < -0.39 is 0 Å². The number of rotatable bonds is 14.